The first kappa shape index (κ1) is 11.4. The molecule has 0 aromatic carbocycles. The number of nitrogens with one attached hydrogen (secondary N) is 1. The molecular formula is C13H26N2. The number of nitrogens with zero attached hydrogens (tertiary/aromatic N) is 1. The monoisotopic (exact) mass is 210 g/mol. The first-order valence-electron chi connectivity index (χ1n) is 6.43. The number of likely N-dealkylation sites (tertiary alicyclic amines) is 1. The highest BCUT2D eigenvalue weighted by Crippen LogP contribution is 2.45. The Labute approximate surface area is 94.4 Å². The Bertz CT molecular complexity index is 225. The van der Waals surface area contributed by atoms with Gasteiger partial charge in [-0.15, -0.1) is 0 Å². The zero-order chi connectivity index (χ0) is 11.1. The Balaban J connectivity index is 1.78. The van der Waals surface area contributed by atoms with E-state index in [1.807, 2.05) is 0 Å². The van der Waals surface area contributed by atoms with Crippen molar-refractivity contribution in [1.29, 1.82) is 0 Å². The summed E-state index contributed by atoms with van der Waals surface area (Å²) in [5, 5.41) is 3.81. The molecule has 88 valence electrons. The molecule has 2 fully saturated rings. The normalized spacial score (nSPS) is 37.6. The van der Waals surface area contributed by atoms with Crippen LogP contribution in [0.2, 0.25) is 0 Å². The summed E-state index contributed by atoms with van der Waals surface area (Å²) in [6, 6.07) is 1.47. The van der Waals surface area contributed by atoms with Gasteiger partial charge in [-0.05, 0) is 51.1 Å². The van der Waals surface area contributed by atoms with Crippen LogP contribution in [-0.2, 0) is 0 Å². The molecule has 0 radical (unpaired) electrons. The van der Waals surface area contributed by atoms with Gasteiger partial charge in [-0.3, -0.25) is 0 Å². The average molecular weight is 210 g/mol. The van der Waals surface area contributed by atoms with Crippen molar-refractivity contribution in [3.8, 4) is 0 Å². The van der Waals surface area contributed by atoms with Gasteiger partial charge < -0.3 is 10.2 Å². The van der Waals surface area contributed by atoms with Crippen molar-refractivity contribution in [2.24, 2.45) is 11.3 Å². The van der Waals surface area contributed by atoms with E-state index >= 15 is 0 Å². The summed E-state index contributed by atoms with van der Waals surface area (Å²) in [6.45, 7) is 9.67. The van der Waals surface area contributed by atoms with E-state index in [1.165, 1.54) is 32.4 Å². The van der Waals surface area contributed by atoms with Gasteiger partial charge in [0.15, 0.2) is 0 Å². The Morgan fingerprint density at radius 1 is 1.40 bits per heavy atom. The number of hydrogen-bond acceptors (Lipinski definition) is 2. The van der Waals surface area contributed by atoms with Crippen molar-refractivity contribution in [2.45, 2.75) is 52.1 Å². The van der Waals surface area contributed by atoms with E-state index in [0.29, 0.717) is 11.5 Å². The van der Waals surface area contributed by atoms with Crippen LogP contribution in [0.1, 0.15) is 40.0 Å². The number of rotatable bonds is 3. The summed E-state index contributed by atoms with van der Waals surface area (Å²) in [7, 11) is 2.25. The molecule has 2 nitrogen and oxygen atoms in total. The van der Waals surface area contributed by atoms with Crippen LogP contribution >= 0.6 is 0 Å². The van der Waals surface area contributed by atoms with Gasteiger partial charge in [-0.1, -0.05) is 13.8 Å². The molecule has 1 saturated heterocycles. The Morgan fingerprint density at radius 2 is 2.07 bits per heavy atom. The lowest BCUT2D eigenvalue weighted by Gasteiger charge is -2.34. The fourth-order valence-corrected chi connectivity index (χ4v) is 2.82. The SMILES string of the molecule is CC(NC1CC1(C)C)C1CCCN(C)C1. The molecule has 2 heteroatoms. The molecule has 3 unspecified atom stereocenters. The predicted molar refractivity (Wildman–Crippen MR) is 65.0 cm³/mol. The van der Waals surface area contributed by atoms with E-state index in [-0.39, 0.29) is 0 Å². The molecule has 1 heterocycles. The standard InChI is InChI=1S/C13H26N2/c1-10(14-12-8-13(12,2)3)11-6-5-7-15(4)9-11/h10-12,14H,5-9H2,1-4H3. The maximum absolute atomic E-state index is 3.81. The molecule has 1 N–H and O–H groups in total. The van der Waals surface area contributed by atoms with E-state index < -0.39 is 0 Å². The Kier molecular flexibility index (Phi) is 3.09. The van der Waals surface area contributed by atoms with Gasteiger partial charge in [0.05, 0.1) is 0 Å². The molecule has 0 aromatic heterocycles. The molecule has 1 aliphatic heterocycles. The molecule has 15 heavy (non-hydrogen) atoms. The largest absolute Gasteiger partial charge is 0.311 e. The third-order valence-corrected chi connectivity index (χ3v) is 4.35. The van der Waals surface area contributed by atoms with Gasteiger partial charge in [0, 0.05) is 18.6 Å². The molecule has 1 aliphatic carbocycles. The molecule has 0 spiro atoms. The van der Waals surface area contributed by atoms with Crippen LogP contribution in [0.3, 0.4) is 0 Å². The van der Waals surface area contributed by atoms with Crippen LogP contribution in [0.5, 0.6) is 0 Å². The maximum Gasteiger partial charge on any atom is 0.0127 e. The van der Waals surface area contributed by atoms with Crippen molar-refractivity contribution < 1.29 is 0 Å². The summed E-state index contributed by atoms with van der Waals surface area (Å²) >= 11 is 0. The lowest BCUT2D eigenvalue weighted by molar-refractivity contribution is 0.176. The van der Waals surface area contributed by atoms with Crippen LogP contribution in [0.4, 0.5) is 0 Å². The minimum atomic E-state index is 0.564. The van der Waals surface area contributed by atoms with E-state index in [9.17, 15) is 0 Å². The van der Waals surface area contributed by atoms with E-state index in [2.05, 4.69) is 38.0 Å². The summed E-state index contributed by atoms with van der Waals surface area (Å²) in [5.74, 6) is 0.861. The van der Waals surface area contributed by atoms with E-state index in [0.717, 1.165) is 12.0 Å². The fraction of sp³-hybridized carbons (Fsp3) is 1.00. The highest BCUT2D eigenvalue weighted by atomic mass is 15.1. The van der Waals surface area contributed by atoms with Crippen LogP contribution in [0.25, 0.3) is 0 Å². The van der Waals surface area contributed by atoms with Crippen molar-refractivity contribution in [2.75, 3.05) is 20.1 Å². The Hall–Kier alpha value is -0.0800. The molecule has 2 rings (SSSR count). The average Bonchev–Trinajstić information content (AvgIpc) is 2.73. The van der Waals surface area contributed by atoms with Crippen molar-refractivity contribution in [3.05, 3.63) is 0 Å². The van der Waals surface area contributed by atoms with Gasteiger partial charge in [0.25, 0.3) is 0 Å². The highest BCUT2D eigenvalue weighted by molar-refractivity contribution is 5.03. The van der Waals surface area contributed by atoms with E-state index in [4.69, 9.17) is 0 Å². The smallest absolute Gasteiger partial charge is 0.0127 e. The summed E-state index contributed by atoms with van der Waals surface area (Å²) in [6.07, 6.45) is 4.15. The van der Waals surface area contributed by atoms with Crippen LogP contribution < -0.4 is 5.32 Å². The molecule has 0 amide bonds. The topological polar surface area (TPSA) is 15.3 Å². The second-order valence-corrected chi connectivity index (χ2v) is 6.37. The van der Waals surface area contributed by atoms with Crippen LogP contribution in [0, 0.1) is 11.3 Å². The lowest BCUT2D eigenvalue weighted by atomic mass is 9.91. The predicted octanol–water partition coefficient (Wildman–Crippen LogP) is 2.10. The highest BCUT2D eigenvalue weighted by Gasteiger charge is 2.46. The van der Waals surface area contributed by atoms with Crippen LogP contribution in [0.15, 0.2) is 0 Å². The fourth-order valence-electron chi connectivity index (χ4n) is 2.82. The molecule has 2 aliphatic rings. The number of piperidine rings is 1. The third kappa shape index (κ3) is 2.73. The first-order valence-corrected chi connectivity index (χ1v) is 6.43. The minimum absolute atomic E-state index is 0.564. The lowest BCUT2D eigenvalue weighted by Crippen LogP contribution is -2.44. The van der Waals surface area contributed by atoms with Gasteiger partial charge in [0.2, 0.25) is 0 Å². The van der Waals surface area contributed by atoms with Gasteiger partial charge in [-0.25, -0.2) is 0 Å². The summed E-state index contributed by atoms with van der Waals surface area (Å²) in [4.78, 5) is 2.48. The van der Waals surface area contributed by atoms with Crippen molar-refractivity contribution in [3.63, 3.8) is 0 Å². The van der Waals surface area contributed by atoms with Crippen LogP contribution in [-0.4, -0.2) is 37.1 Å². The van der Waals surface area contributed by atoms with Gasteiger partial charge in [0.1, 0.15) is 0 Å². The van der Waals surface area contributed by atoms with Crippen molar-refractivity contribution in [1.82, 2.24) is 10.2 Å². The van der Waals surface area contributed by atoms with Gasteiger partial charge in [-0.2, -0.15) is 0 Å². The first-order chi connectivity index (χ1) is 6.99. The third-order valence-electron chi connectivity index (χ3n) is 4.35. The van der Waals surface area contributed by atoms with Crippen molar-refractivity contribution >= 4 is 0 Å². The quantitative estimate of drug-likeness (QED) is 0.767. The molecule has 3 atom stereocenters. The molecular weight excluding hydrogens is 184 g/mol. The zero-order valence-corrected chi connectivity index (χ0v) is 10.7. The number of hydrogen-bond donors (Lipinski definition) is 1. The van der Waals surface area contributed by atoms with E-state index in [1.54, 1.807) is 0 Å². The molecule has 0 bridgehead atoms. The second kappa shape index (κ2) is 4.06. The summed E-state index contributed by atoms with van der Waals surface area (Å²) in [5.41, 5.74) is 0.564. The Morgan fingerprint density at radius 3 is 2.60 bits per heavy atom. The molecule has 1 saturated carbocycles. The van der Waals surface area contributed by atoms with Gasteiger partial charge >= 0.3 is 0 Å². The molecule has 0 aromatic rings. The minimum Gasteiger partial charge on any atom is -0.311 e. The summed E-state index contributed by atoms with van der Waals surface area (Å²) < 4.78 is 0. The zero-order valence-electron chi connectivity index (χ0n) is 10.7. The second-order valence-electron chi connectivity index (χ2n) is 6.37. The maximum atomic E-state index is 3.81.